The highest BCUT2D eigenvalue weighted by Crippen LogP contribution is 2.30. The van der Waals surface area contributed by atoms with Gasteiger partial charge in [0.05, 0.1) is 17.8 Å². The molecule has 1 aliphatic heterocycles. The molecule has 1 atom stereocenters. The van der Waals surface area contributed by atoms with Crippen LogP contribution in [0.15, 0.2) is 23.6 Å². The molecule has 146 valence electrons. The molecule has 1 aromatic heterocycles. The lowest BCUT2D eigenvalue weighted by Crippen LogP contribution is -2.42. The van der Waals surface area contributed by atoms with Crippen LogP contribution in [0.1, 0.15) is 33.9 Å². The van der Waals surface area contributed by atoms with Gasteiger partial charge in [-0.15, -0.1) is 11.3 Å². The van der Waals surface area contributed by atoms with Crippen LogP contribution >= 0.6 is 11.3 Å². The van der Waals surface area contributed by atoms with Gasteiger partial charge in [0.2, 0.25) is 0 Å². The Morgan fingerprint density at radius 2 is 2.26 bits per heavy atom. The Kier molecular flexibility index (Phi) is 6.68. The molecule has 2 heterocycles. The predicted octanol–water partition coefficient (Wildman–Crippen LogP) is 3.11. The number of hydrogen-bond acceptors (Lipinski definition) is 6. The average Bonchev–Trinajstić information content (AvgIpc) is 3.11. The summed E-state index contributed by atoms with van der Waals surface area (Å²) in [6.45, 7) is 4.89. The Morgan fingerprint density at radius 3 is 2.96 bits per heavy atom. The molecule has 0 saturated carbocycles. The fourth-order valence-corrected chi connectivity index (χ4v) is 4.03. The highest BCUT2D eigenvalue weighted by Gasteiger charge is 2.24. The monoisotopic (exact) mass is 389 g/mol. The van der Waals surface area contributed by atoms with E-state index in [4.69, 9.17) is 9.47 Å². The number of aromatic nitrogens is 1. The SMILES string of the molecule is CNCC1CCCN(C(=O)c2ccc(OCc3csc(C)n3)c(OC)c2)C1. The van der Waals surface area contributed by atoms with Gasteiger partial charge in [0.15, 0.2) is 11.5 Å². The van der Waals surface area contributed by atoms with Crippen LogP contribution in [0.4, 0.5) is 0 Å². The number of likely N-dealkylation sites (tertiary alicyclic amines) is 1. The fourth-order valence-electron chi connectivity index (χ4n) is 3.43. The van der Waals surface area contributed by atoms with E-state index in [9.17, 15) is 4.79 Å². The minimum absolute atomic E-state index is 0.0516. The number of carbonyl (C=O) groups excluding carboxylic acids is 1. The van der Waals surface area contributed by atoms with Crippen molar-refractivity contribution in [1.29, 1.82) is 0 Å². The van der Waals surface area contributed by atoms with Gasteiger partial charge in [-0.3, -0.25) is 4.79 Å². The average molecular weight is 390 g/mol. The van der Waals surface area contributed by atoms with Crippen molar-refractivity contribution in [3.8, 4) is 11.5 Å². The first-order valence-electron chi connectivity index (χ1n) is 9.26. The van der Waals surface area contributed by atoms with Crippen molar-refractivity contribution in [3.63, 3.8) is 0 Å². The standard InChI is InChI=1S/C20H27N3O3S/c1-14-22-17(13-27-14)12-26-18-7-6-16(9-19(18)25-3)20(24)23-8-4-5-15(11-23)10-21-2/h6-7,9,13,15,21H,4-5,8,10-12H2,1-3H3. The van der Waals surface area contributed by atoms with Gasteiger partial charge in [0.1, 0.15) is 6.61 Å². The van der Waals surface area contributed by atoms with E-state index < -0.39 is 0 Å². The number of ether oxygens (including phenoxy) is 2. The van der Waals surface area contributed by atoms with Gasteiger partial charge in [-0.2, -0.15) is 0 Å². The van der Waals surface area contributed by atoms with Crippen molar-refractivity contribution >= 4 is 17.2 Å². The third-order valence-corrected chi connectivity index (χ3v) is 5.57. The number of amides is 1. The second-order valence-electron chi connectivity index (χ2n) is 6.83. The summed E-state index contributed by atoms with van der Waals surface area (Å²) in [5.41, 5.74) is 1.53. The number of piperidine rings is 1. The number of hydrogen-bond donors (Lipinski definition) is 1. The second-order valence-corrected chi connectivity index (χ2v) is 7.89. The van der Waals surface area contributed by atoms with E-state index in [1.54, 1.807) is 30.6 Å². The maximum Gasteiger partial charge on any atom is 0.254 e. The zero-order valence-corrected chi connectivity index (χ0v) is 17.0. The molecule has 1 aromatic carbocycles. The number of benzene rings is 1. The smallest absolute Gasteiger partial charge is 0.254 e. The first-order valence-corrected chi connectivity index (χ1v) is 10.1. The molecule has 2 aromatic rings. The number of nitrogens with one attached hydrogen (secondary N) is 1. The van der Waals surface area contributed by atoms with Crippen molar-refractivity contribution in [2.24, 2.45) is 5.92 Å². The molecular formula is C20H27N3O3S. The Balaban J connectivity index is 1.68. The maximum atomic E-state index is 12.9. The minimum Gasteiger partial charge on any atom is -0.493 e. The van der Waals surface area contributed by atoms with Crippen molar-refractivity contribution in [3.05, 3.63) is 39.8 Å². The Hall–Kier alpha value is -2.12. The van der Waals surface area contributed by atoms with E-state index in [2.05, 4.69) is 10.3 Å². The summed E-state index contributed by atoms with van der Waals surface area (Å²) in [5, 5.41) is 6.21. The molecule has 1 saturated heterocycles. The largest absolute Gasteiger partial charge is 0.493 e. The third kappa shape index (κ3) is 4.99. The number of nitrogens with zero attached hydrogens (tertiary/aromatic N) is 2. The lowest BCUT2D eigenvalue weighted by molar-refractivity contribution is 0.0674. The predicted molar refractivity (Wildman–Crippen MR) is 107 cm³/mol. The molecule has 1 aliphatic rings. The van der Waals surface area contributed by atoms with Crippen LogP contribution in [0.5, 0.6) is 11.5 Å². The van der Waals surface area contributed by atoms with Crippen molar-refractivity contribution < 1.29 is 14.3 Å². The molecule has 1 amide bonds. The van der Waals surface area contributed by atoms with Crippen LogP contribution in [0.2, 0.25) is 0 Å². The molecule has 27 heavy (non-hydrogen) atoms. The van der Waals surface area contributed by atoms with Crippen molar-refractivity contribution in [2.45, 2.75) is 26.4 Å². The number of carbonyl (C=O) groups is 1. The molecule has 0 aliphatic carbocycles. The summed E-state index contributed by atoms with van der Waals surface area (Å²) >= 11 is 1.60. The molecule has 0 spiro atoms. The summed E-state index contributed by atoms with van der Waals surface area (Å²) in [6, 6.07) is 5.39. The van der Waals surface area contributed by atoms with Gasteiger partial charge in [0, 0.05) is 24.0 Å². The number of rotatable bonds is 7. The maximum absolute atomic E-state index is 12.9. The van der Waals surface area contributed by atoms with Gasteiger partial charge >= 0.3 is 0 Å². The molecule has 0 bridgehead atoms. The van der Waals surface area contributed by atoms with Crippen LogP contribution in [-0.4, -0.2) is 49.6 Å². The Morgan fingerprint density at radius 1 is 1.41 bits per heavy atom. The van der Waals surface area contributed by atoms with Crippen molar-refractivity contribution in [1.82, 2.24) is 15.2 Å². The number of aryl methyl sites for hydroxylation is 1. The molecule has 1 N–H and O–H groups in total. The van der Waals surface area contributed by atoms with E-state index in [0.717, 1.165) is 43.2 Å². The quantitative estimate of drug-likeness (QED) is 0.788. The first-order chi connectivity index (χ1) is 13.1. The highest BCUT2D eigenvalue weighted by molar-refractivity contribution is 7.09. The zero-order chi connectivity index (χ0) is 19.2. The molecule has 6 nitrogen and oxygen atoms in total. The van der Waals surface area contributed by atoms with Crippen LogP contribution in [0.3, 0.4) is 0 Å². The van der Waals surface area contributed by atoms with Gasteiger partial charge in [-0.25, -0.2) is 4.98 Å². The third-order valence-electron chi connectivity index (χ3n) is 4.75. The van der Waals surface area contributed by atoms with Crippen LogP contribution in [0.25, 0.3) is 0 Å². The zero-order valence-electron chi connectivity index (χ0n) is 16.2. The molecule has 1 fully saturated rings. The molecule has 1 unspecified atom stereocenters. The van der Waals surface area contributed by atoms with E-state index in [0.29, 0.717) is 29.6 Å². The van der Waals surface area contributed by atoms with E-state index in [1.165, 1.54) is 0 Å². The van der Waals surface area contributed by atoms with Crippen LogP contribution in [0, 0.1) is 12.8 Å². The van der Waals surface area contributed by atoms with E-state index >= 15 is 0 Å². The van der Waals surface area contributed by atoms with Gasteiger partial charge in [0.25, 0.3) is 5.91 Å². The molecular weight excluding hydrogens is 362 g/mol. The van der Waals surface area contributed by atoms with Crippen molar-refractivity contribution in [2.75, 3.05) is 33.8 Å². The van der Waals surface area contributed by atoms with E-state index in [1.807, 2.05) is 30.3 Å². The number of thiazole rings is 1. The first kappa shape index (κ1) is 19.6. The van der Waals surface area contributed by atoms with Crippen LogP contribution in [-0.2, 0) is 6.61 Å². The Bertz CT molecular complexity index is 776. The summed E-state index contributed by atoms with van der Waals surface area (Å²) in [4.78, 5) is 19.3. The summed E-state index contributed by atoms with van der Waals surface area (Å²) < 4.78 is 11.3. The van der Waals surface area contributed by atoms with Crippen LogP contribution < -0.4 is 14.8 Å². The summed E-state index contributed by atoms with van der Waals surface area (Å²) in [5.74, 6) is 1.75. The fraction of sp³-hybridized carbons (Fsp3) is 0.500. The Labute approximate surface area is 164 Å². The molecule has 0 radical (unpaired) electrons. The minimum atomic E-state index is 0.0516. The summed E-state index contributed by atoms with van der Waals surface area (Å²) in [7, 11) is 3.55. The second kappa shape index (κ2) is 9.19. The lowest BCUT2D eigenvalue weighted by atomic mass is 9.97. The normalized spacial score (nSPS) is 17.0. The molecule has 3 rings (SSSR count). The number of methoxy groups -OCH3 is 1. The highest BCUT2D eigenvalue weighted by atomic mass is 32.1. The van der Waals surface area contributed by atoms with Gasteiger partial charge < -0.3 is 19.7 Å². The topological polar surface area (TPSA) is 63.7 Å². The van der Waals surface area contributed by atoms with Gasteiger partial charge in [-0.1, -0.05) is 0 Å². The van der Waals surface area contributed by atoms with Gasteiger partial charge in [-0.05, 0) is 57.5 Å². The molecule has 7 heteroatoms. The van der Waals surface area contributed by atoms with E-state index in [-0.39, 0.29) is 5.91 Å². The lowest BCUT2D eigenvalue weighted by Gasteiger charge is -2.32. The summed E-state index contributed by atoms with van der Waals surface area (Å²) in [6.07, 6.45) is 2.21.